The molecule has 0 amide bonds. The molecule has 5 nitrogen and oxygen atoms in total. The molecule has 2 heterocycles. The third-order valence-electron chi connectivity index (χ3n) is 3.36. The Morgan fingerprint density at radius 2 is 2.31 bits per heavy atom. The lowest BCUT2D eigenvalue weighted by molar-refractivity contribution is 0.0690. The normalized spacial score (nSPS) is 19.0. The highest BCUT2D eigenvalue weighted by Gasteiger charge is 2.51. The quantitative estimate of drug-likeness (QED) is 0.725. The smallest absolute Gasteiger partial charge is 0.354 e. The number of fused-ring (bicyclic) bond motifs is 2. The van der Waals surface area contributed by atoms with Gasteiger partial charge in [0.1, 0.15) is 5.69 Å². The fourth-order valence-corrected chi connectivity index (χ4v) is 2.24. The highest BCUT2D eigenvalue weighted by molar-refractivity contribution is 5.93. The minimum atomic E-state index is -1.09. The number of aromatic carboxylic acids is 1. The van der Waals surface area contributed by atoms with Crippen LogP contribution in [0.3, 0.4) is 0 Å². The molecule has 0 saturated heterocycles. The van der Waals surface area contributed by atoms with Crippen LogP contribution in [0.4, 0.5) is 5.69 Å². The van der Waals surface area contributed by atoms with Gasteiger partial charge in [0.25, 0.3) is 0 Å². The molecule has 1 aromatic heterocycles. The van der Waals surface area contributed by atoms with E-state index in [1.165, 1.54) is 6.07 Å². The van der Waals surface area contributed by atoms with Gasteiger partial charge in [-0.25, -0.2) is 9.78 Å². The number of carboxylic acid groups (broad SMARTS) is 1. The molecular weight excluding hydrogens is 208 g/mol. The first kappa shape index (κ1) is 9.33. The summed E-state index contributed by atoms with van der Waals surface area (Å²) in [6.07, 6.45) is 2.71. The van der Waals surface area contributed by atoms with Crippen molar-refractivity contribution in [2.24, 2.45) is 0 Å². The summed E-state index contributed by atoms with van der Waals surface area (Å²) in [5.41, 5.74) is 1.83. The molecule has 0 atom stereocenters. The van der Waals surface area contributed by atoms with Crippen LogP contribution >= 0.6 is 0 Å². The fourth-order valence-electron chi connectivity index (χ4n) is 2.24. The summed E-state index contributed by atoms with van der Waals surface area (Å²) in [6.45, 7) is 0.763. The fraction of sp³-hybridized carbons (Fsp3) is 0.364. The number of carboxylic acids is 1. The number of carbonyl (C=O) groups is 2. The zero-order valence-electron chi connectivity index (χ0n) is 8.49. The van der Waals surface area contributed by atoms with Gasteiger partial charge in [0, 0.05) is 17.5 Å². The van der Waals surface area contributed by atoms with Crippen LogP contribution in [0.25, 0.3) is 0 Å². The van der Waals surface area contributed by atoms with Crippen LogP contribution < -0.4 is 5.32 Å². The highest BCUT2D eigenvalue weighted by Crippen LogP contribution is 2.53. The molecule has 0 bridgehead atoms. The van der Waals surface area contributed by atoms with Crippen molar-refractivity contribution in [3.05, 3.63) is 23.0 Å². The second-order valence-corrected chi connectivity index (χ2v) is 4.38. The van der Waals surface area contributed by atoms with Crippen molar-refractivity contribution in [2.45, 2.75) is 18.3 Å². The summed E-state index contributed by atoms with van der Waals surface area (Å²) in [5, 5.41) is 12.1. The summed E-state index contributed by atoms with van der Waals surface area (Å²) in [4.78, 5) is 26.0. The molecule has 0 radical (unpaired) electrons. The van der Waals surface area contributed by atoms with Crippen LogP contribution in [0.2, 0.25) is 0 Å². The molecular formula is C11H10N2O3. The monoisotopic (exact) mass is 218 g/mol. The zero-order valence-corrected chi connectivity index (χ0v) is 8.49. The van der Waals surface area contributed by atoms with E-state index >= 15 is 0 Å². The van der Waals surface area contributed by atoms with E-state index in [4.69, 9.17) is 5.11 Å². The van der Waals surface area contributed by atoms with Crippen LogP contribution in [-0.4, -0.2) is 28.9 Å². The first-order chi connectivity index (χ1) is 7.66. The number of rotatable bonds is 2. The largest absolute Gasteiger partial charge is 0.477 e. The molecule has 1 saturated carbocycles. The average molecular weight is 218 g/mol. The van der Waals surface area contributed by atoms with Crippen LogP contribution in [-0.2, 0) is 5.41 Å². The summed E-state index contributed by atoms with van der Waals surface area (Å²) in [7, 11) is 0. The Morgan fingerprint density at radius 3 is 2.88 bits per heavy atom. The Kier molecular flexibility index (Phi) is 1.64. The molecule has 16 heavy (non-hydrogen) atoms. The van der Waals surface area contributed by atoms with E-state index in [0.717, 1.165) is 30.8 Å². The lowest BCUT2D eigenvalue weighted by Crippen LogP contribution is -2.11. The lowest BCUT2D eigenvalue weighted by Gasteiger charge is -2.07. The van der Waals surface area contributed by atoms with Crippen molar-refractivity contribution in [2.75, 3.05) is 11.9 Å². The minimum Gasteiger partial charge on any atom is -0.477 e. The van der Waals surface area contributed by atoms with Gasteiger partial charge in [-0.3, -0.25) is 4.79 Å². The standard InChI is InChI=1S/C11H10N2O3/c14-4-6-3-7(10(15)16)13-9-8(6)12-5-11(9)1-2-11/h3-4,12H,1-2,5H2,(H,15,16). The third-order valence-corrected chi connectivity index (χ3v) is 3.36. The van der Waals surface area contributed by atoms with Gasteiger partial charge < -0.3 is 10.4 Å². The van der Waals surface area contributed by atoms with Crippen molar-refractivity contribution in [3.8, 4) is 0 Å². The van der Waals surface area contributed by atoms with E-state index in [-0.39, 0.29) is 11.1 Å². The second kappa shape index (κ2) is 2.81. The molecule has 0 unspecified atom stereocenters. The molecule has 2 N–H and O–H groups in total. The van der Waals surface area contributed by atoms with Gasteiger partial charge in [-0.15, -0.1) is 0 Å². The zero-order chi connectivity index (χ0) is 11.3. The molecule has 1 fully saturated rings. The van der Waals surface area contributed by atoms with Crippen molar-refractivity contribution in [1.82, 2.24) is 4.98 Å². The minimum absolute atomic E-state index is 0.00144. The Bertz CT molecular complexity index is 506. The Hall–Kier alpha value is -1.91. The van der Waals surface area contributed by atoms with Crippen molar-refractivity contribution >= 4 is 17.9 Å². The summed E-state index contributed by atoms with van der Waals surface area (Å²) in [6, 6.07) is 1.32. The summed E-state index contributed by atoms with van der Waals surface area (Å²) >= 11 is 0. The molecule has 1 spiro atoms. The second-order valence-electron chi connectivity index (χ2n) is 4.38. The molecule has 3 rings (SSSR count). The first-order valence-electron chi connectivity index (χ1n) is 5.14. The molecule has 2 aliphatic rings. The number of hydrogen-bond acceptors (Lipinski definition) is 4. The predicted octanol–water partition coefficient (Wildman–Crippen LogP) is 1.05. The molecule has 5 heteroatoms. The van der Waals surface area contributed by atoms with Gasteiger partial charge in [-0.2, -0.15) is 0 Å². The summed E-state index contributed by atoms with van der Waals surface area (Å²) in [5.74, 6) is -1.09. The van der Waals surface area contributed by atoms with Gasteiger partial charge in [0.05, 0.1) is 11.4 Å². The van der Waals surface area contributed by atoms with Gasteiger partial charge in [0.15, 0.2) is 6.29 Å². The number of aldehydes is 1. The van der Waals surface area contributed by atoms with Gasteiger partial charge in [-0.05, 0) is 18.9 Å². The number of carbonyl (C=O) groups excluding carboxylic acids is 1. The van der Waals surface area contributed by atoms with Crippen LogP contribution in [0.1, 0.15) is 39.4 Å². The number of pyridine rings is 1. The van der Waals surface area contributed by atoms with Crippen molar-refractivity contribution < 1.29 is 14.7 Å². The summed E-state index contributed by atoms with van der Waals surface area (Å²) < 4.78 is 0. The highest BCUT2D eigenvalue weighted by atomic mass is 16.4. The van der Waals surface area contributed by atoms with Crippen LogP contribution in [0.5, 0.6) is 0 Å². The SMILES string of the molecule is O=Cc1cc(C(=O)O)nc2c1NCC21CC1. The average Bonchev–Trinajstić information content (AvgIpc) is 2.96. The molecule has 1 aliphatic heterocycles. The van der Waals surface area contributed by atoms with Gasteiger partial charge in [0.2, 0.25) is 0 Å². The Morgan fingerprint density at radius 1 is 1.56 bits per heavy atom. The third kappa shape index (κ3) is 1.08. The lowest BCUT2D eigenvalue weighted by atomic mass is 10.0. The van der Waals surface area contributed by atoms with Crippen LogP contribution in [0, 0.1) is 0 Å². The molecule has 0 aromatic carbocycles. The van der Waals surface area contributed by atoms with E-state index in [9.17, 15) is 9.59 Å². The molecule has 1 aliphatic carbocycles. The number of nitrogens with one attached hydrogen (secondary N) is 1. The molecule has 1 aromatic rings. The number of hydrogen-bond donors (Lipinski definition) is 2. The Labute approximate surface area is 91.5 Å². The number of nitrogens with zero attached hydrogens (tertiary/aromatic N) is 1. The van der Waals surface area contributed by atoms with E-state index in [2.05, 4.69) is 10.3 Å². The number of aromatic nitrogens is 1. The Balaban J connectivity index is 2.23. The van der Waals surface area contributed by atoms with Crippen molar-refractivity contribution in [3.63, 3.8) is 0 Å². The maximum atomic E-state index is 10.9. The predicted molar refractivity (Wildman–Crippen MR) is 56.0 cm³/mol. The van der Waals surface area contributed by atoms with E-state index in [0.29, 0.717) is 11.8 Å². The molecule has 82 valence electrons. The van der Waals surface area contributed by atoms with Crippen molar-refractivity contribution in [1.29, 1.82) is 0 Å². The van der Waals surface area contributed by atoms with E-state index < -0.39 is 5.97 Å². The first-order valence-corrected chi connectivity index (χ1v) is 5.14. The maximum absolute atomic E-state index is 10.9. The number of anilines is 1. The maximum Gasteiger partial charge on any atom is 0.354 e. The van der Waals surface area contributed by atoms with Gasteiger partial charge in [-0.1, -0.05) is 0 Å². The topological polar surface area (TPSA) is 79.3 Å². The van der Waals surface area contributed by atoms with Gasteiger partial charge >= 0.3 is 5.97 Å². The van der Waals surface area contributed by atoms with Crippen LogP contribution in [0.15, 0.2) is 6.07 Å². The van der Waals surface area contributed by atoms with E-state index in [1.807, 2.05) is 0 Å². The van der Waals surface area contributed by atoms with E-state index in [1.54, 1.807) is 0 Å².